The zero-order valence-electron chi connectivity index (χ0n) is 18.8. The van der Waals surface area contributed by atoms with Crippen molar-refractivity contribution < 1.29 is 9.59 Å². The molecule has 2 N–H and O–H groups in total. The zero-order chi connectivity index (χ0) is 23.2. The van der Waals surface area contributed by atoms with Gasteiger partial charge < -0.3 is 10.2 Å². The van der Waals surface area contributed by atoms with Crippen LogP contribution in [0.5, 0.6) is 0 Å². The SMILES string of the molecule is Cc1cccc(C)c1NC(=O)CN1CCN(C(=O)CSc2n[nH]c(Cc3cccs3)n2)CC1. The Morgan fingerprint density at radius 3 is 2.58 bits per heavy atom. The van der Waals surface area contributed by atoms with E-state index in [-0.39, 0.29) is 11.8 Å². The number of hydrogen-bond acceptors (Lipinski definition) is 7. The van der Waals surface area contributed by atoms with Crippen LogP contribution in [0.25, 0.3) is 0 Å². The summed E-state index contributed by atoms with van der Waals surface area (Å²) in [4.78, 5) is 34.8. The summed E-state index contributed by atoms with van der Waals surface area (Å²) >= 11 is 3.04. The molecule has 33 heavy (non-hydrogen) atoms. The third-order valence-electron chi connectivity index (χ3n) is 5.60. The van der Waals surface area contributed by atoms with Gasteiger partial charge in [-0.2, -0.15) is 0 Å². The third-order valence-corrected chi connectivity index (χ3v) is 7.30. The van der Waals surface area contributed by atoms with Crippen molar-refractivity contribution in [2.24, 2.45) is 0 Å². The predicted molar refractivity (Wildman–Crippen MR) is 132 cm³/mol. The molecule has 2 amide bonds. The number of amides is 2. The molecular formula is C23H28N6O2S2. The lowest BCUT2D eigenvalue weighted by molar-refractivity contribution is -0.130. The topological polar surface area (TPSA) is 94.2 Å². The maximum absolute atomic E-state index is 12.6. The first kappa shape index (κ1) is 23.5. The van der Waals surface area contributed by atoms with Crippen molar-refractivity contribution in [2.75, 3.05) is 43.8 Å². The van der Waals surface area contributed by atoms with E-state index < -0.39 is 0 Å². The number of H-pyrrole nitrogens is 1. The van der Waals surface area contributed by atoms with E-state index in [1.807, 2.05) is 48.4 Å². The molecule has 1 aromatic carbocycles. The van der Waals surface area contributed by atoms with Crippen LogP contribution in [0.4, 0.5) is 5.69 Å². The van der Waals surface area contributed by atoms with Gasteiger partial charge in [0.15, 0.2) is 0 Å². The lowest BCUT2D eigenvalue weighted by atomic mass is 10.1. The van der Waals surface area contributed by atoms with Crippen molar-refractivity contribution in [3.8, 4) is 0 Å². The largest absolute Gasteiger partial charge is 0.339 e. The highest BCUT2D eigenvalue weighted by Gasteiger charge is 2.23. The van der Waals surface area contributed by atoms with Gasteiger partial charge in [0.25, 0.3) is 0 Å². The van der Waals surface area contributed by atoms with Crippen molar-refractivity contribution in [3.05, 3.63) is 57.5 Å². The molecule has 0 bridgehead atoms. The Labute approximate surface area is 201 Å². The predicted octanol–water partition coefficient (Wildman–Crippen LogP) is 2.95. The average Bonchev–Trinajstić information content (AvgIpc) is 3.48. The van der Waals surface area contributed by atoms with Crippen molar-refractivity contribution in [3.63, 3.8) is 0 Å². The minimum atomic E-state index is -0.0225. The first-order valence-corrected chi connectivity index (χ1v) is 12.8. The van der Waals surface area contributed by atoms with Crippen LogP contribution < -0.4 is 5.32 Å². The summed E-state index contributed by atoms with van der Waals surface area (Å²) in [6.45, 7) is 6.92. The molecule has 3 heterocycles. The number of nitrogens with zero attached hydrogens (tertiary/aromatic N) is 4. The number of thioether (sulfide) groups is 1. The average molecular weight is 485 g/mol. The molecule has 0 aliphatic carbocycles. The molecule has 1 aliphatic rings. The van der Waals surface area contributed by atoms with E-state index in [0.717, 1.165) is 29.1 Å². The van der Waals surface area contributed by atoms with E-state index >= 15 is 0 Å². The molecular weight excluding hydrogens is 456 g/mol. The lowest BCUT2D eigenvalue weighted by Gasteiger charge is -2.34. The van der Waals surface area contributed by atoms with Gasteiger partial charge >= 0.3 is 0 Å². The third kappa shape index (κ3) is 6.43. The first-order chi connectivity index (χ1) is 16.0. The van der Waals surface area contributed by atoms with E-state index in [4.69, 9.17) is 0 Å². The summed E-state index contributed by atoms with van der Waals surface area (Å²) in [6, 6.07) is 10.1. The summed E-state index contributed by atoms with van der Waals surface area (Å²) in [5, 5.41) is 12.8. The number of rotatable bonds is 8. The number of thiophene rings is 1. The van der Waals surface area contributed by atoms with Gasteiger partial charge in [0, 0.05) is 43.2 Å². The Hall–Kier alpha value is -2.69. The van der Waals surface area contributed by atoms with Crippen LogP contribution in [-0.2, 0) is 16.0 Å². The van der Waals surface area contributed by atoms with E-state index in [2.05, 4.69) is 31.5 Å². The number of benzene rings is 1. The Bertz CT molecular complexity index is 1070. The van der Waals surface area contributed by atoms with E-state index in [1.165, 1.54) is 16.6 Å². The fourth-order valence-electron chi connectivity index (χ4n) is 3.77. The maximum atomic E-state index is 12.6. The Morgan fingerprint density at radius 2 is 1.88 bits per heavy atom. The van der Waals surface area contributed by atoms with E-state index in [0.29, 0.717) is 43.6 Å². The molecule has 0 saturated carbocycles. The summed E-state index contributed by atoms with van der Waals surface area (Å²) < 4.78 is 0. The van der Waals surface area contributed by atoms with Gasteiger partial charge in [-0.3, -0.25) is 19.6 Å². The number of para-hydroxylation sites is 1. The molecule has 4 rings (SSSR count). The summed E-state index contributed by atoms with van der Waals surface area (Å²) in [7, 11) is 0. The highest BCUT2D eigenvalue weighted by Crippen LogP contribution is 2.20. The minimum Gasteiger partial charge on any atom is -0.339 e. The van der Waals surface area contributed by atoms with Gasteiger partial charge in [-0.25, -0.2) is 4.98 Å². The minimum absolute atomic E-state index is 0.0225. The number of aromatic amines is 1. The number of hydrogen-bond donors (Lipinski definition) is 2. The molecule has 8 nitrogen and oxygen atoms in total. The highest BCUT2D eigenvalue weighted by molar-refractivity contribution is 7.99. The number of nitrogens with one attached hydrogen (secondary N) is 2. The zero-order valence-corrected chi connectivity index (χ0v) is 20.5. The summed E-state index contributed by atoms with van der Waals surface area (Å²) in [6.07, 6.45) is 0.720. The molecule has 0 atom stereocenters. The van der Waals surface area contributed by atoms with Gasteiger partial charge in [-0.05, 0) is 36.4 Å². The molecule has 1 aliphatic heterocycles. The van der Waals surface area contributed by atoms with Crippen molar-refractivity contribution >= 4 is 40.6 Å². The standard InChI is InChI=1S/C23H28N6O2S2/c1-16-5-3-6-17(2)22(16)25-20(30)14-28-8-10-29(11-9-28)21(31)15-33-23-24-19(26-27-23)13-18-7-4-12-32-18/h3-7,12H,8-11,13-15H2,1-2H3,(H,25,30)(H,24,26,27). The van der Waals surface area contributed by atoms with Gasteiger partial charge in [0.1, 0.15) is 5.82 Å². The van der Waals surface area contributed by atoms with Crippen LogP contribution in [0.3, 0.4) is 0 Å². The molecule has 2 aromatic heterocycles. The number of carbonyl (C=O) groups is 2. The van der Waals surface area contributed by atoms with Crippen molar-refractivity contribution in [2.45, 2.75) is 25.4 Å². The van der Waals surface area contributed by atoms with E-state index in [1.54, 1.807) is 11.3 Å². The molecule has 0 radical (unpaired) electrons. The monoisotopic (exact) mass is 484 g/mol. The van der Waals surface area contributed by atoms with Gasteiger partial charge in [-0.1, -0.05) is 36.0 Å². The summed E-state index contributed by atoms with van der Waals surface area (Å²) in [5.41, 5.74) is 3.00. The van der Waals surface area contributed by atoms with Crippen LogP contribution in [0.1, 0.15) is 21.8 Å². The van der Waals surface area contributed by atoms with Crippen LogP contribution in [-0.4, -0.2) is 75.3 Å². The van der Waals surface area contributed by atoms with Crippen molar-refractivity contribution in [1.29, 1.82) is 0 Å². The molecule has 1 saturated heterocycles. The lowest BCUT2D eigenvalue weighted by Crippen LogP contribution is -2.50. The van der Waals surface area contributed by atoms with Crippen molar-refractivity contribution in [1.82, 2.24) is 25.0 Å². The van der Waals surface area contributed by atoms with Crippen LogP contribution >= 0.6 is 23.1 Å². The number of carbonyl (C=O) groups excluding carboxylic acids is 2. The number of aromatic nitrogens is 3. The fraction of sp³-hybridized carbons (Fsp3) is 0.391. The van der Waals surface area contributed by atoms with Gasteiger partial charge in [-0.15, -0.1) is 16.4 Å². The van der Waals surface area contributed by atoms with Crippen LogP contribution in [0, 0.1) is 13.8 Å². The quantitative estimate of drug-likeness (QED) is 0.478. The first-order valence-electron chi connectivity index (χ1n) is 10.9. The second-order valence-corrected chi connectivity index (χ2v) is 10.1. The van der Waals surface area contributed by atoms with Crippen LogP contribution in [0.2, 0.25) is 0 Å². The summed E-state index contributed by atoms with van der Waals surface area (Å²) in [5.74, 6) is 1.17. The molecule has 10 heteroatoms. The highest BCUT2D eigenvalue weighted by atomic mass is 32.2. The second-order valence-electron chi connectivity index (χ2n) is 8.08. The number of piperazine rings is 1. The molecule has 174 valence electrons. The fourth-order valence-corrected chi connectivity index (χ4v) is 5.20. The van der Waals surface area contributed by atoms with Gasteiger partial charge in [0.05, 0.1) is 12.3 Å². The smallest absolute Gasteiger partial charge is 0.238 e. The number of aryl methyl sites for hydroxylation is 2. The Balaban J connectivity index is 1.18. The van der Waals surface area contributed by atoms with Gasteiger partial charge in [0.2, 0.25) is 17.0 Å². The molecule has 1 fully saturated rings. The molecule has 0 unspecified atom stereocenters. The molecule has 0 spiro atoms. The number of anilines is 1. The van der Waals surface area contributed by atoms with E-state index in [9.17, 15) is 9.59 Å². The molecule has 3 aromatic rings. The normalized spacial score (nSPS) is 14.4. The Morgan fingerprint density at radius 1 is 1.12 bits per heavy atom. The van der Waals surface area contributed by atoms with Crippen LogP contribution in [0.15, 0.2) is 40.9 Å². The Kier molecular flexibility index (Phi) is 7.79. The maximum Gasteiger partial charge on any atom is 0.238 e. The second kappa shape index (κ2) is 11.0.